The van der Waals surface area contributed by atoms with Crippen LogP contribution >= 0.6 is 0 Å². The van der Waals surface area contributed by atoms with Crippen molar-refractivity contribution in [1.82, 2.24) is 9.97 Å². The van der Waals surface area contributed by atoms with E-state index in [1.165, 1.54) is 0 Å². The number of amides is 2. The van der Waals surface area contributed by atoms with E-state index in [9.17, 15) is 9.59 Å². The summed E-state index contributed by atoms with van der Waals surface area (Å²) in [5.74, 6) is 0.0611. The molecule has 0 aliphatic heterocycles. The summed E-state index contributed by atoms with van der Waals surface area (Å²) in [6.07, 6.45) is 0.475. The molecule has 0 atom stereocenters. The Morgan fingerprint density at radius 1 is 0.857 bits per heavy atom. The van der Waals surface area contributed by atoms with Crippen molar-refractivity contribution in [2.24, 2.45) is 5.92 Å². The Bertz CT molecular complexity index is 1030. The number of anilines is 2. The molecule has 0 saturated heterocycles. The van der Waals surface area contributed by atoms with E-state index in [1.54, 1.807) is 42.5 Å². The molecule has 0 radical (unpaired) electrons. The van der Waals surface area contributed by atoms with E-state index in [-0.39, 0.29) is 11.8 Å². The second kappa shape index (κ2) is 8.17. The van der Waals surface area contributed by atoms with Crippen molar-refractivity contribution in [1.29, 1.82) is 0 Å². The van der Waals surface area contributed by atoms with Gasteiger partial charge in [-0.15, -0.1) is 0 Å². The number of hydrogen-bond acceptors (Lipinski definition) is 4. The van der Waals surface area contributed by atoms with Crippen molar-refractivity contribution in [3.63, 3.8) is 0 Å². The topological polar surface area (TPSA) is 84.0 Å². The summed E-state index contributed by atoms with van der Waals surface area (Å²) in [5.41, 5.74) is 5.05. The SMILES string of the molecule is Cc1nc2ccc(C(=O)Nc3ccc(NC(=O)CC(C)C)cc3)cc2nc1C. The molecule has 0 bridgehead atoms. The fraction of sp³-hybridized carbons (Fsp3) is 0.273. The van der Waals surface area contributed by atoms with E-state index in [0.29, 0.717) is 34.8 Å². The van der Waals surface area contributed by atoms with E-state index in [1.807, 2.05) is 27.7 Å². The van der Waals surface area contributed by atoms with Gasteiger partial charge in [-0.05, 0) is 62.2 Å². The van der Waals surface area contributed by atoms with Crippen LogP contribution in [0.3, 0.4) is 0 Å². The summed E-state index contributed by atoms with van der Waals surface area (Å²) < 4.78 is 0. The Kier molecular flexibility index (Phi) is 5.68. The molecule has 3 aromatic rings. The first-order chi connectivity index (χ1) is 13.3. The number of carbonyl (C=O) groups is 2. The van der Waals surface area contributed by atoms with Crippen LogP contribution in [0.25, 0.3) is 11.0 Å². The fourth-order valence-electron chi connectivity index (χ4n) is 2.79. The molecular weight excluding hydrogens is 352 g/mol. The van der Waals surface area contributed by atoms with E-state index >= 15 is 0 Å². The molecule has 6 heteroatoms. The van der Waals surface area contributed by atoms with E-state index < -0.39 is 0 Å². The third-order valence-corrected chi connectivity index (χ3v) is 4.36. The van der Waals surface area contributed by atoms with Crippen LogP contribution in [0.2, 0.25) is 0 Å². The summed E-state index contributed by atoms with van der Waals surface area (Å²) in [4.78, 5) is 33.4. The highest BCUT2D eigenvalue weighted by Gasteiger charge is 2.10. The van der Waals surface area contributed by atoms with Crippen molar-refractivity contribution >= 4 is 34.2 Å². The van der Waals surface area contributed by atoms with E-state index in [2.05, 4.69) is 20.6 Å². The molecule has 2 aromatic carbocycles. The van der Waals surface area contributed by atoms with Crippen molar-refractivity contribution in [2.75, 3.05) is 10.6 Å². The Hall–Kier alpha value is -3.28. The number of rotatable bonds is 5. The molecule has 0 saturated carbocycles. The van der Waals surface area contributed by atoms with Crippen LogP contribution in [-0.2, 0) is 4.79 Å². The molecule has 28 heavy (non-hydrogen) atoms. The highest BCUT2D eigenvalue weighted by Crippen LogP contribution is 2.18. The number of benzene rings is 2. The standard InChI is InChI=1S/C22H24N4O2/c1-13(2)11-21(27)25-17-6-8-18(9-7-17)26-22(28)16-5-10-19-20(12-16)24-15(4)14(3)23-19/h5-10,12-13H,11H2,1-4H3,(H,25,27)(H,26,28). The van der Waals surface area contributed by atoms with Gasteiger partial charge in [-0.2, -0.15) is 0 Å². The van der Waals surface area contributed by atoms with Crippen molar-refractivity contribution in [2.45, 2.75) is 34.1 Å². The largest absolute Gasteiger partial charge is 0.326 e. The van der Waals surface area contributed by atoms with Crippen molar-refractivity contribution in [3.8, 4) is 0 Å². The van der Waals surface area contributed by atoms with Gasteiger partial charge in [0.25, 0.3) is 5.91 Å². The van der Waals surface area contributed by atoms with Crippen LogP contribution in [0, 0.1) is 19.8 Å². The van der Waals surface area contributed by atoms with Gasteiger partial charge in [0, 0.05) is 23.4 Å². The highest BCUT2D eigenvalue weighted by atomic mass is 16.2. The Labute approximate surface area is 164 Å². The predicted molar refractivity (Wildman–Crippen MR) is 111 cm³/mol. The molecule has 0 spiro atoms. The summed E-state index contributed by atoms with van der Waals surface area (Å²) >= 11 is 0. The molecule has 0 aliphatic carbocycles. The average molecular weight is 376 g/mol. The third kappa shape index (κ3) is 4.71. The van der Waals surface area contributed by atoms with Gasteiger partial charge in [-0.1, -0.05) is 13.8 Å². The van der Waals surface area contributed by atoms with Crippen molar-refractivity contribution < 1.29 is 9.59 Å². The van der Waals surface area contributed by atoms with Crippen LogP contribution in [0.4, 0.5) is 11.4 Å². The second-order valence-electron chi connectivity index (χ2n) is 7.28. The molecule has 1 heterocycles. The Balaban J connectivity index is 1.70. The number of aryl methyl sites for hydroxylation is 2. The maximum atomic E-state index is 12.6. The van der Waals surface area contributed by atoms with Gasteiger partial charge in [-0.25, -0.2) is 9.97 Å². The van der Waals surface area contributed by atoms with Gasteiger partial charge in [0.2, 0.25) is 5.91 Å². The molecule has 0 fully saturated rings. The zero-order valence-corrected chi connectivity index (χ0v) is 16.5. The average Bonchev–Trinajstić information content (AvgIpc) is 2.63. The number of aromatic nitrogens is 2. The van der Waals surface area contributed by atoms with Gasteiger partial charge in [0.1, 0.15) is 0 Å². The monoisotopic (exact) mass is 376 g/mol. The lowest BCUT2D eigenvalue weighted by molar-refractivity contribution is -0.116. The maximum absolute atomic E-state index is 12.6. The first kappa shape index (κ1) is 19.5. The Morgan fingerprint density at radius 2 is 1.43 bits per heavy atom. The van der Waals surface area contributed by atoms with Crippen LogP contribution in [0.1, 0.15) is 42.0 Å². The van der Waals surface area contributed by atoms with Gasteiger partial charge < -0.3 is 10.6 Å². The van der Waals surface area contributed by atoms with Crippen molar-refractivity contribution in [3.05, 3.63) is 59.4 Å². The maximum Gasteiger partial charge on any atom is 0.255 e. The number of nitrogens with zero attached hydrogens (tertiary/aromatic N) is 2. The molecule has 3 rings (SSSR count). The first-order valence-electron chi connectivity index (χ1n) is 9.28. The zero-order valence-electron chi connectivity index (χ0n) is 16.5. The van der Waals surface area contributed by atoms with E-state index in [4.69, 9.17) is 0 Å². The summed E-state index contributed by atoms with van der Waals surface area (Å²) in [5, 5.41) is 5.71. The lowest BCUT2D eigenvalue weighted by atomic mass is 10.1. The first-order valence-corrected chi connectivity index (χ1v) is 9.28. The number of carbonyl (C=O) groups excluding carboxylic acids is 2. The van der Waals surface area contributed by atoms with Gasteiger partial charge in [-0.3, -0.25) is 9.59 Å². The summed E-state index contributed by atoms with van der Waals surface area (Å²) in [7, 11) is 0. The smallest absolute Gasteiger partial charge is 0.255 e. The number of nitrogens with one attached hydrogen (secondary N) is 2. The molecule has 2 N–H and O–H groups in total. The van der Waals surface area contributed by atoms with Crippen LogP contribution in [-0.4, -0.2) is 21.8 Å². The second-order valence-corrected chi connectivity index (χ2v) is 7.28. The molecule has 0 aliphatic rings. The molecule has 144 valence electrons. The fourth-order valence-corrected chi connectivity index (χ4v) is 2.79. The number of fused-ring (bicyclic) bond motifs is 1. The van der Waals surface area contributed by atoms with Gasteiger partial charge in [0.05, 0.1) is 22.4 Å². The molecular formula is C22H24N4O2. The molecule has 0 unspecified atom stereocenters. The minimum Gasteiger partial charge on any atom is -0.326 e. The lowest BCUT2D eigenvalue weighted by Crippen LogP contribution is -2.14. The number of hydrogen-bond donors (Lipinski definition) is 2. The van der Waals surface area contributed by atoms with Crippen LogP contribution < -0.4 is 10.6 Å². The third-order valence-electron chi connectivity index (χ3n) is 4.36. The van der Waals surface area contributed by atoms with Crippen LogP contribution in [0.15, 0.2) is 42.5 Å². The summed E-state index contributed by atoms with van der Waals surface area (Å²) in [6, 6.07) is 12.3. The normalized spacial score (nSPS) is 10.9. The molecule has 6 nitrogen and oxygen atoms in total. The lowest BCUT2D eigenvalue weighted by Gasteiger charge is -2.09. The summed E-state index contributed by atoms with van der Waals surface area (Å²) in [6.45, 7) is 7.81. The minimum absolute atomic E-state index is 0.0189. The highest BCUT2D eigenvalue weighted by molar-refractivity contribution is 6.06. The van der Waals surface area contributed by atoms with E-state index in [0.717, 1.165) is 16.9 Å². The molecule has 1 aromatic heterocycles. The van der Waals surface area contributed by atoms with Gasteiger partial charge >= 0.3 is 0 Å². The van der Waals surface area contributed by atoms with Crippen LogP contribution in [0.5, 0.6) is 0 Å². The zero-order chi connectivity index (χ0) is 20.3. The minimum atomic E-state index is -0.224. The Morgan fingerprint density at radius 3 is 2.04 bits per heavy atom. The van der Waals surface area contributed by atoms with Gasteiger partial charge in [0.15, 0.2) is 0 Å². The quantitative estimate of drug-likeness (QED) is 0.687. The molecule has 2 amide bonds. The predicted octanol–water partition coefficient (Wildman–Crippen LogP) is 4.48.